The molecule has 1 aliphatic heterocycles. The number of nitrogens with one attached hydrogen (secondary N) is 1. The first-order valence-corrected chi connectivity index (χ1v) is 8.80. The van der Waals surface area contributed by atoms with Crippen molar-refractivity contribution >= 4 is 35.8 Å². The number of likely N-dealkylation sites (tertiary alicyclic amines) is 1. The van der Waals surface area contributed by atoms with E-state index < -0.39 is 12.8 Å². The van der Waals surface area contributed by atoms with Crippen LogP contribution in [0.15, 0.2) is 29.3 Å². The van der Waals surface area contributed by atoms with E-state index >= 15 is 0 Å². The molecule has 1 aromatic carbocycles. The van der Waals surface area contributed by atoms with Crippen LogP contribution in [0.5, 0.6) is 5.75 Å². The average molecular weight is 514 g/mol. The second kappa shape index (κ2) is 11.3. The Labute approximate surface area is 179 Å². The first kappa shape index (κ1) is 24.3. The second-order valence-corrected chi connectivity index (χ2v) is 6.54. The molecule has 0 aromatic heterocycles. The number of guanidine groups is 1. The lowest BCUT2D eigenvalue weighted by Crippen LogP contribution is -2.46. The summed E-state index contributed by atoms with van der Waals surface area (Å²) in [5.74, 6) is 0.676. The van der Waals surface area contributed by atoms with Crippen LogP contribution in [-0.4, -0.2) is 49.7 Å². The number of benzene rings is 1. The zero-order valence-corrected chi connectivity index (χ0v) is 18.0. The maximum atomic E-state index is 12.4. The highest BCUT2D eigenvalue weighted by Crippen LogP contribution is 2.23. The Bertz CT molecular complexity index is 670. The largest absolute Gasteiger partial charge is 0.484 e. The third kappa shape index (κ3) is 8.11. The van der Waals surface area contributed by atoms with Gasteiger partial charge in [-0.3, -0.25) is 9.79 Å². The molecule has 10 heteroatoms. The number of nitrogens with zero attached hydrogens (tertiary/aromatic N) is 2. The first-order valence-electron chi connectivity index (χ1n) is 8.80. The minimum atomic E-state index is -4.39. The summed E-state index contributed by atoms with van der Waals surface area (Å²) >= 11 is 0. The number of primary amides is 1. The predicted molar refractivity (Wildman–Crippen MR) is 112 cm³/mol. The van der Waals surface area contributed by atoms with Crippen molar-refractivity contribution in [3.63, 3.8) is 0 Å². The number of amides is 1. The summed E-state index contributed by atoms with van der Waals surface area (Å²) in [4.78, 5) is 17.4. The molecule has 1 aromatic rings. The summed E-state index contributed by atoms with van der Waals surface area (Å²) in [7, 11) is 1.64. The number of aliphatic imine (C=N–C) groups is 1. The molecular formula is C18H26F3IN4O2. The van der Waals surface area contributed by atoms with Crippen LogP contribution in [0.25, 0.3) is 0 Å². The van der Waals surface area contributed by atoms with E-state index in [4.69, 9.17) is 10.5 Å². The molecule has 1 unspecified atom stereocenters. The lowest BCUT2D eigenvalue weighted by Gasteiger charge is -2.34. The maximum absolute atomic E-state index is 12.4. The van der Waals surface area contributed by atoms with Crippen molar-refractivity contribution in [2.45, 2.75) is 32.0 Å². The number of rotatable bonds is 6. The van der Waals surface area contributed by atoms with Crippen LogP contribution in [0.3, 0.4) is 0 Å². The van der Waals surface area contributed by atoms with E-state index in [1.54, 1.807) is 25.2 Å². The number of ether oxygens (including phenoxy) is 1. The fraction of sp³-hybridized carbons (Fsp3) is 0.556. The van der Waals surface area contributed by atoms with Gasteiger partial charge in [-0.1, -0.05) is 18.2 Å². The Kier molecular flexibility index (Phi) is 9.83. The van der Waals surface area contributed by atoms with Gasteiger partial charge in [0.1, 0.15) is 5.75 Å². The van der Waals surface area contributed by atoms with Gasteiger partial charge in [0.25, 0.3) is 0 Å². The smallest absolute Gasteiger partial charge is 0.422 e. The molecular weight excluding hydrogens is 488 g/mol. The molecule has 0 saturated carbocycles. The molecule has 28 heavy (non-hydrogen) atoms. The van der Waals surface area contributed by atoms with Crippen molar-refractivity contribution in [1.29, 1.82) is 0 Å². The molecule has 6 nitrogen and oxygen atoms in total. The molecule has 0 radical (unpaired) electrons. The predicted octanol–water partition coefficient (Wildman–Crippen LogP) is 2.91. The van der Waals surface area contributed by atoms with Gasteiger partial charge < -0.3 is 20.7 Å². The highest BCUT2D eigenvalue weighted by atomic mass is 127. The summed E-state index contributed by atoms with van der Waals surface area (Å²) in [6, 6.07) is 6.58. The molecule has 158 valence electrons. The van der Waals surface area contributed by atoms with Gasteiger partial charge in [-0.25, -0.2) is 0 Å². The van der Waals surface area contributed by atoms with Crippen molar-refractivity contribution in [2.75, 3.05) is 26.7 Å². The van der Waals surface area contributed by atoms with E-state index in [1.165, 1.54) is 6.07 Å². The van der Waals surface area contributed by atoms with Crippen molar-refractivity contribution in [3.8, 4) is 5.75 Å². The topological polar surface area (TPSA) is 80.0 Å². The Morgan fingerprint density at radius 1 is 1.39 bits per heavy atom. The lowest BCUT2D eigenvalue weighted by molar-refractivity contribution is -0.153. The van der Waals surface area contributed by atoms with Gasteiger partial charge in [0, 0.05) is 38.7 Å². The van der Waals surface area contributed by atoms with Crippen LogP contribution in [0.4, 0.5) is 13.2 Å². The van der Waals surface area contributed by atoms with Gasteiger partial charge in [0.2, 0.25) is 5.91 Å². The summed E-state index contributed by atoms with van der Waals surface area (Å²) < 4.78 is 42.1. The first-order chi connectivity index (χ1) is 12.8. The van der Waals surface area contributed by atoms with Gasteiger partial charge in [0.05, 0.1) is 0 Å². The number of alkyl halides is 3. The fourth-order valence-corrected chi connectivity index (χ4v) is 3.17. The third-order valence-corrected chi connectivity index (χ3v) is 4.32. The second-order valence-electron chi connectivity index (χ2n) is 6.54. The minimum absolute atomic E-state index is 0. The molecule has 1 atom stereocenters. The normalized spacial score (nSPS) is 17.6. The van der Waals surface area contributed by atoms with Crippen LogP contribution in [0.1, 0.15) is 24.8 Å². The van der Waals surface area contributed by atoms with E-state index in [1.807, 2.05) is 4.90 Å². The zero-order valence-electron chi connectivity index (χ0n) is 15.7. The summed E-state index contributed by atoms with van der Waals surface area (Å²) in [5.41, 5.74) is 5.90. The van der Waals surface area contributed by atoms with Crippen molar-refractivity contribution in [2.24, 2.45) is 16.6 Å². The molecule has 2 rings (SSSR count). The maximum Gasteiger partial charge on any atom is 0.422 e. The molecule has 0 aliphatic carbocycles. The highest BCUT2D eigenvalue weighted by molar-refractivity contribution is 14.0. The van der Waals surface area contributed by atoms with E-state index in [2.05, 4.69) is 10.3 Å². The Morgan fingerprint density at radius 2 is 2.11 bits per heavy atom. The van der Waals surface area contributed by atoms with Gasteiger partial charge in [-0.05, 0) is 24.8 Å². The van der Waals surface area contributed by atoms with Crippen LogP contribution in [0.2, 0.25) is 0 Å². The fourth-order valence-electron chi connectivity index (χ4n) is 3.17. The Hall–Kier alpha value is -1.72. The van der Waals surface area contributed by atoms with Crippen molar-refractivity contribution in [3.05, 3.63) is 29.8 Å². The highest BCUT2D eigenvalue weighted by Gasteiger charge is 2.29. The molecule has 0 bridgehead atoms. The molecule has 1 fully saturated rings. The SMILES string of the molecule is CN=C(NCc1ccccc1OCC(F)(F)F)N1CCCC(CC(N)=O)C1.I. The number of hydrogen-bond acceptors (Lipinski definition) is 3. The van der Waals surface area contributed by atoms with Gasteiger partial charge >= 0.3 is 6.18 Å². The van der Waals surface area contributed by atoms with Crippen LogP contribution >= 0.6 is 24.0 Å². The Morgan fingerprint density at radius 3 is 2.75 bits per heavy atom. The number of piperidine rings is 1. The van der Waals surface area contributed by atoms with Crippen molar-refractivity contribution < 1.29 is 22.7 Å². The number of carbonyl (C=O) groups is 1. The van der Waals surface area contributed by atoms with E-state index in [0.717, 1.165) is 19.4 Å². The molecule has 1 aliphatic rings. The molecule has 0 spiro atoms. The number of carbonyl (C=O) groups excluding carboxylic acids is 1. The van der Waals surface area contributed by atoms with Crippen LogP contribution < -0.4 is 15.8 Å². The monoisotopic (exact) mass is 514 g/mol. The van der Waals surface area contributed by atoms with Gasteiger partial charge in [-0.2, -0.15) is 13.2 Å². The summed E-state index contributed by atoms with van der Waals surface area (Å²) in [6.45, 7) is 0.396. The van der Waals surface area contributed by atoms with Crippen molar-refractivity contribution in [1.82, 2.24) is 10.2 Å². The number of halogens is 4. The van der Waals surface area contributed by atoms with E-state index in [-0.39, 0.29) is 48.1 Å². The Balaban J connectivity index is 0.00000392. The van der Waals surface area contributed by atoms with Crippen LogP contribution in [0, 0.1) is 5.92 Å². The summed E-state index contributed by atoms with van der Waals surface area (Å²) in [6.07, 6.45) is -2.20. The standard InChI is InChI=1S/C18H25F3N4O2.HI/c1-23-17(25-8-4-5-13(11-25)9-16(22)26)24-10-14-6-2-3-7-15(14)27-12-18(19,20)21;/h2-3,6-7,13H,4-5,8-12H2,1H3,(H2,22,26)(H,23,24);1H. The summed E-state index contributed by atoms with van der Waals surface area (Å²) in [5, 5.41) is 3.17. The van der Waals surface area contributed by atoms with Gasteiger partial charge in [-0.15, -0.1) is 24.0 Å². The molecule has 1 saturated heterocycles. The number of para-hydroxylation sites is 1. The van der Waals surface area contributed by atoms with Gasteiger partial charge in [0.15, 0.2) is 12.6 Å². The third-order valence-electron chi connectivity index (χ3n) is 4.32. The zero-order chi connectivity index (χ0) is 19.9. The minimum Gasteiger partial charge on any atom is -0.484 e. The lowest BCUT2D eigenvalue weighted by atomic mass is 9.95. The number of hydrogen-bond donors (Lipinski definition) is 2. The van der Waals surface area contributed by atoms with E-state index in [9.17, 15) is 18.0 Å². The molecule has 3 N–H and O–H groups in total. The number of nitrogens with two attached hydrogens (primary N) is 1. The average Bonchev–Trinajstić information content (AvgIpc) is 2.60. The molecule has 1 heterocycles. The van der Waals surface area contributed by atoms with E-state index in [0.29, 0.717) is 24.5 Å². The van der Waals surface area contributed by atoms with Crippen LogP contribution in [-0.2, 0) is 11.3 Å². The molecule has 1 amide bonds. The quantitative estimate of drug-likeness (QED) is 0.348.